The second-order valence-corrected chi connectivity index (χ2v) is 4.93. The summed E-state index contributed by atoms with van der Waals surface area (Å²) < 4.78 is 43.0. The van der Waals surface area contributed by atoms with Gasteiger partial charge in [0, 0.05) is 18.2 Å². The van der Waals surface area contributed by atoms with Crippen molar-refractivity contribution in [3.05, 3.63) is 78.4 Å². The van der Waals surface area contributed by atoms with E-state index in [-0.39, 0.29) is 5.75 Å². The number of halogens is 2. The van der Waals surface area contributed by atoms with E-state index >= 15 is 0 Å². The lowest BCUT2D eigenvalue weighted by molar-refractivity contribution is 0.406. The van der Waals surface area contributed by atoms with Crippen molar-refractivity contribution in [2.24, 2.45) is 0 Å². The number of benzene rings is 3. The second kappa shape index (κ2) is 7.00. The van der Waals surface area contributed by atoms with Gasteiger partial charge < -0.3 is 14.2 Å². The molecule has 0 saturated heterocycles. The quantitative estimate of drug-likeness (QED) is 0.614. The van der Waals surface area contributed by atoms with Crippen molar-refractivity contribution in [3.63, 3.8) is 0 Å². The summed E-state index contributed by atoms with van der Waals surface area (Å²) in [5, 5.41) is 0. The molecule has 0 aliphatic rings. The smallest absolute Gasteiger partial charge is 0.169 e. The van der Waals surface area contributed by atoms with Gasteiger partial charge in [-0.15, -0.1) is 0 Å². The normalized spacial score (nSPS) is 10.3. The maximum atomic E-state index is 13.3. The lowest BCUT2D eigenvalue weighted by Gasteiger charge is -2.12. The molecule has 0 bridgehead atoms. The molecule has 0 saturated carbocycles. The van der Waals surface area contributed by atoms with Crippen molar-refractivity contribution in [2.45, 2.75) is 0 Å². The Morgan fingerprint density at radius 1 is 0.625 bits per heavy atom. The van der Waals surface area contributed by atoms with Gasteiger partial charge in [-0.25, -0.2) is 8.78 Å². The summed E-state index contributed by atoms with van der Waals surface area (Å²) in [7, 11) is 1.58. The molecule has 0 heterocycles. The van der Waals surface area contributed by atoms with E-state index in [2.05, 4.69) is 0 Å². The SMILES string of the molecule is COc1ccc(Oc2ccccc2Oc2cc(F)cc(F)c2)cc1. The average Bonchev–Trinajstić information content (AvgIpc) is 2.56. The molecule has 3 aromatic carbocycles. The van der Waals surface area contributed by atoms with E-state index in [0.717, 1.165) is 18.2 Å². The van der Waals surface area contributed by atoms with Gasteiger partial charge in [0.15, 0.2) is 11.5 Å². The second-order valence-electron chi connectivity index (χ2n) is 4.93. The Morgan fingerprint density at radius 3 is 1.67 bits per heavy atom. The molecule has 0 spiro atoms. The van der Waals surface area contributed by atoms with Crippen molar-refractivity contribution >= 4 is 0 Å². The standard InChI is InChI=1S/C19H14F2O3/c1-22-15-6-8-16(9-7-15)23-18-4-2-3-5-19(18)24-17-11-13(20)10-14(21)12-17/h2-12H,1H3. The lowest BCUT2D eigenvalue weighted by Crippen LogP contribution is -1.92. The van der Waals surface area contributed by atoms with Gasteiger partial charge in [-0.05, 0) is 36.4 Å². The molecule has 0 amide bonds. The fourth-order valence-corrected chi connectivity index (χ4v) is 2.10. The molecular weight excluding hydrogens is 314 g/mol. The number of ether oxygens (including phenoxy) is 3. The molecule has 0 aliphatic carbocycles. The molecule has 5 heteroatoms. The highest BCUT2D eigenvalue weighted by atomic mass is 19.1. The number of hydrogen-bond acceptors (Lipinski definition) is 3. The molecular formula is C19H14F2O3. The number of rotatable bonds is 5. The summed E-state index contributed by atoms with van der Waals surface area (Å²) in [4.78, 5) is 0. The van der Waals surface area contributed by atoms with Gasteiger partial charge in [-0.2, -0.15) is 0 Å². The van der Waals surface area contributed by atoms with Crippen LogP contribution in [0.4, 0.5) is 8.78 Å². The molecule has 0 unspecified atom stereocenters. The van der Waals surface area contributed by atoms with Crippen LogP contribution in [0.25, 0.3) is 0 Å². The first-order valence-electron chi connectivity index (χ1n) is 7.19. The maximum absolute atomic E-state index is 13.3. The highest BCUT2D eigenvalue weighted by Crippen LogP contribution is 2.35. The Bertz CT molecular complexity index is 812. The van der Waals surface area contributed by atoms with Gasteiger partial charge in [0.25, 0.3) is 0 Å². The first kappa shape index (κ1) is 15.8. The van der Waals surface area contributed by atoms with Crippen LogP contribution >= 0.6 is 0 Å². The van der Waals surface area contributed by atoms with Crippen molar-refractivity contribution < 1.29 is 23.0 Å². The third-order valence-electron chi connectivity index (χ3n) is 3.20. The van der Waals surface area contributed by atoms with Gasteiger partial charge in [-0.3, -0.25) is 0 Å². The summed E-state index contributed by atoms with van der Waals surface area (Å²) in [6.07, 6.45) is 0. The molecule has 0 N–H and O–H groups in total. The summed E-state index contributed by atoms with van der Waals surface area (Å²) in [6, 6.07) is 16.9. The Balaban J connectivity index is 1.84. The van der Waals surface area contributed by atoms with E-state index in [9.17, 15) is 8.78 Å². The van der Waals surface area contributed by atoms with E-state index in [4.69, 9.17) is 14.2 Å². The topological polar surface area (TPSA) is 27.7 Å². The third-order valence-corrected chi connectivity index (χ3v) is 3.20. The molecule has 24 heavy (non-hydrogen) atoms. The third kappa shape index (κ3) is 3.81. The van der Waals surface area contributed by atoms with Gasteiger partial charge >= 0.3 is 0 Å². The summed E-state index contributed by atoms with van der Waals surface area (Å²) in [6.45, 7) is 0. The number of para-hydroxylation sites is 2. The van der Waals surface area contributed by atoms with Crippen molar-refractivity contribution in [3.8, 4) is 28.7 Å². The van der Waals surface area contributed by atoms with Gasteiger partial charge in [0.05, 0.1) is 7.11 Å². The van der Waals surface area contributed by atoms with E-state index in [1.165, 1.54) is 0 Å². The minimum atomic E-state index is -0.710. The van der Waals surface area contributed by atoms with Crippen LogP contribution in [0.5, 0.6) is 28.7 Å². The molecule has 3 aromatic rings. The first-order valence-corrected chi connectivity index (χ1v) is 7.19. The monoisotopic (exact) mass is 328 g/mol. The van der Waals surface area contributed by atoms with Crippen molar-refractivity contribution in [2.75, 3.05) is 7.11 Å². The van der Waals surface area contributed by atoms with E-state index in [0.29, 0.717) is 23.0 Å². The largest absolute Gasteiger partial charge is 0.497 e. The molecule has 3 nitrogen and oxygen atoms in total. The highest BCUT2D eigenvalue weighted by Gasteiger charge is 2.09. The molecule has 3 rings (SSSR count). The Morgan fingerprint density at radius 2 is 1.12 bits per heavy atom. The van der Waals surface area contributed by atoms with Crippen molar-refractivity contribution in [1.82, 2.24) is 0 Å². The highest BCUT2D eigenvalue weighted by molar-refractivity contribution is 5.45. The molecule has 0 aromatic heterocycles. The minimum Gasteiger partial charge on any atom is -0.497 e. The Hall–Kier alpha value is -3.08. The zero-order valence-corrected chi connectivity index (χ0v) is 12.8. The number of methoxy groups -OCH3 is 1. The fraction of sp³-hybridized carbons (Fsp3) is 0.0526. The van der Waals surface area contributed by atoms with Crippen LogP contribution in [0.2, 0.25) is 0 Å². The van der Waals surface area contributed by atoms with Crippen LogP contribution in [0.15, 0.2) is 66.7 Å². The minimum absolute atomic E-state index is 0.0540. The predicted octanol–water partition coefficient (Wildman–Crippen LogP) is 5.56. The summed E-state index contributed by atoms with van der Waals surface area (Å²) in [5.41, 5.74) is 0. The predicted molar refractivity (Wildman–Crippen MR) is 85.9 cm³/mol. The average molecular weight is 328 g/mol. The zero-order valence-electron chi connectivity index (χ0n) is 12.8. The van der Waals surface area contributed by atoms with Crippen LogP contribution in [0, 0.1) is 11.6 Å². The van der Waals surface area contributed by atoms with Gasteiger partial charge in [0.2, 0.25) is 0 Å². The molecule has 0 radical (unpaired) electrons. The van der Waals surface area contributed by atoms with E-state index in [1.807, 2.05) is 0 Å². The van der Waals surface area contributed by atoms with Gasteiger partial charge in [0.1, 0.15) is 28.9 Å². The zero-order chi connectivity index (χ0) is 16.9. The summed E-state index contributed by atoms with van der Waals surface area (Å²) >= 11 is 0. The van der Waals surface area contributed by atoms with E-state index < -0.39 is 11.6 Å². The molecule has 0 fully saturated rings. The fourth-order valence-electron chi connectivity index (χ4n) is 2.10. The van der Waals surface area contributed by atoms with Crippen molar-refractivity contribution in [1.29, 1.82) is 0 Å². The Kier molecular flexibility index (Phi) is 4.61. The Labute approximate surface area is 138 Å². The van der Waals surface area contributed by atoms with Crippen LogP contribution in [-0.2, 0) is 0 Å². The van der Waals surface area contributed by atoms with Gasteiger partial charge in [-0.1, -0.05) is 12.1 Å². The van der Waals surface area contributed by atoms with Crippen LogP contribution < -0.4 is 14.2 Å². The van der Waals surface area contributed by atoms with Crippen LogP contribution in [0.1, 0.15) is 0 Å². The first-order chi connectivity index (χ1) is 11.6. The van der Waals surface area contributed by atoms with Crippen LogP contribution in [-0.4, -0.2) is 7.11 Å². The molecule has 0 atom stereocenters. The lowest BCUT2D eigenvalue weighted by atomic mass is 10.3. The summed E-state index contributed by atoms with van der Waals surface area (Å²) in [5.74, 6) is 0.695. The molecule has 122 valence electrons. The molecule has 0 aliphatic heterocycles. The maximum Gasteiger partial charge on any atom is 0.169 e. The van der Waals surface area contributed by atoms with Crippen LogP contribution in [0.3, 0.4) is 0 Å². The van der Waals surface area contributed by atoms with E-state index in [1.54, 1.807) is 55.6 Å². The number of hydrogen-bond donors (Lipinski definition) is 0.